The molecule has 196 valence electrons. The van der Waals surface area contributed by atoms with Crippen molar-refractivity contribution in [2.24, 2.45) is 0 Å². The normalized spacial score (nSPS) is 12.0. The predicted octanol–water partition coefficient (Wildman–Crippen LogP) is 4.71. The number of benzene rings is 3. The van der Waals surface area contributed by atoms with Crippen molar-refractivity contribution in [3.63, 3.8) is 0 Å². The molecule has 0 aliphatic rings. The molecular weight excluding hydrogens is 510 g/mol. The lowest BCUT2D eigenvalue weighted by atomic mass is 10.1. The van der Waals surface area contributed by atoms with Crippen molar-refractivity contribution in [3.05, 3.63) is 94.5 Å². The first kappa shape index (κ1) is 28.2. The van der Waals surface area contributed by atoms with Crippen molar-refractivity contribution < 1.29 is 18.0 Å². The fourth-order valence-corrected chi connectivity index (χ4v) is 5.80. The molecule has 7 nitrogen and oxygen atoms in total. The SMILES string of the molecule is CCC(C(=O)NC)N(Cc1ccccc1C)C(=O)CN(c1cc(Cl)ccc1C)S(=O)(=O)c1ccccc1. The summed E-state index contributed by atoms with van der Waals surface area (Å²) < 4.78 is 28.7. The van der Waals surface area contributed by atoms with Crippen LogP contribution >= 0.6 is 11.6 Å². The monoisotopic (exact) mass is 541 g/mol. The Morgan fingerprint density at radius 1 is 0.946 bits per heavy atom. The van der Waals surface area contributed by atoms with Gasteiger partial charge >= 0.3 is 0 Å². The Bertz CT molecular complexity index is 1360. The molecule has 1 atom stereocenters. The fourth-order valence-electron chi connectivity index (χ4n) is 4.14. The number of halogens is 1. The van der Waals surface area contributed by atoms with Crippen molar-refractivity contribution in [2.45, 2.75) is 44.7 Å². The number of likely N-dealkylation sites (N-methyl/N-ethyl adjacent to an activating group) is 1. The Labute approximate surface area is 224 Å². The van der Waals surface area contributed by atoms with Gasteiger partial charge in [-0.05, 0) is 61.2 Å². The molecular formula is C28H32ClN3O4S. The number of anilines is 1. The van der Waals surface area contributed by atoms with Crippen LogP contribution in [0.5, 0.6) is 0 Å². The molecule has 3 rings (SSSR count). The summed E-state index contributed by atoms with van der Waals surface area (Å²) in [4.78, 5) is 28.2. The van der Waals surface area contributed by atoms with Gasteiger partial charge in [0, 0.05) is 18.6 Å². The first-order chi connectivity index (χ1) is 17.6. The minimum atomic E-state index is -4.13. The van der Waals surface area contributed by atoms with E-state index >= 15 is 0 Å². The minimum Gasteiger partial charge on any atom is -0.357 e. The topological polar surface area (TPSA) is 86.8 Å². The molecule has 37 heavy (non-hydrogen) atoms. The lowest BCUT2D eigenvalue weighted by Crippen LogP contribution is -2.52. The van der Waals surface area contributed by atoms with Crippen molar-refractivity contribution in [1.82, 2.24) is 10.2 Å². The van der Waals surface area contributed by atoms with Crippen molar-refractivity contribution >= 4 is 39.1 Å². The molecule has 2 amide bonds. The molecule has 0 aromatic heterocycles. The van der Waals surface area contributed by atoms with Crippen LogP contribution in [0.4, 0.5) is 5.69 Å². The summed E-state index contributed by atoms with van der Waals surface area (Å²) in [5, 5.41) is 2.97. The molecule has 3 aromatic rings. The highest BCUT2D eigenvalue weighted by atomic mass is 35.5. The molecule has 1 unspecified atom stereocenters. The number of carbonyl (C=O) groups is 2. The molecule has 0 aliphatic carbocycles. The first-order valence-electron chi connectivity index (χ1n) is 12.0. The zero-order chi connectivity index (χ0) is 27.2. The summed E-state index contributed by atoms with van der Waals surface area (Å²) in [6.07, 6.45) is 0.360. The van der Waals surface area contributed by atoms with Crippen LogP contribution in [0.3, 0.4) is 0 Å². The number of sulfonamides is 1. The Kier molecular flexibility index (Phi) is 9.34. The van der Waals surface area contributed by atoms with E-state index in [1.165, 1.54) is 30.1 Å². The van der Waals surface area contributed by atoms with Crippen LogP contribution in [-0.4, -0.2) is 44.8 Å². The van der Waals surface area contributed by atoms with Gasteiger partial charge in [-0.15, -0.1) is 0 Å². The predicted molar refractivity (Wildman–Crippen MR) is 147 cm³/mol. The van der Waals surface area contributed by atoms with E-state index in [9.17, 15) is 18.0 Å². The molecule has 0 heterocycles. The molecule has 0 spiro atoms. The average molecular weight is 542 g/mol. The van der Waals surface area contributed by atoms with E-state index in [-0.39, 0.29) is 17.3 Å². The third kappa shape index (κ3) is 6.50. The maximum absolute atomic E-state index is 13.9. The van der Waals surface area contributed by atoms with Gasteiger partial charge in [0.05, 0.1) is 10.6 Å². The summed E-state index contributed by atoms with van der Waals surface area (Å²) in [5.74, 6) is -0.821. The first-order valence-corrected chi connectivity index (χ1v) is 13.8. The summed E-state index contributed by atoms with van der Waals surface area (Å²) in [6, 6.07) is 19.7. The number of rotatable bonds is 10. The maximum atomic E-state index is 13.9. The molecule has 0 aliphatic heterocycles. The minimum absolute atomic E-state index is 0.0472. The smallest absolute Gasteiger partial charge is 0.264 e. The van der Waals surface area contributed by atoms with E-state index in [0.717, 1.165) is 15.4 Å². The van der Waals surface area contributed by atoms with Crippen LogP contribution in [0, 0.1) is 13.8 Å². The lowest BCUT2D eigenvalue weighted by Gasteiger charge is -2.33. The van der Waals surface area contributed by atoms with Crippen molar-refractivity contribution in [1.29, 1.82) is 0 Å². The second kappa shape index (κ2) is 12.3. The van der Waals surface area contributed by atoms with Crippen molar-refractivity contribution in [2.75, 3.05) is 17.9 Å². The summed E-state index contributed by atoms with van der Waals surface area (Å²) in [7, 11) is -2.62. The average Bonchev–Trinajstić information content (AvgIpc) is 2.89. The quantitative estimate of drug-likeness (QED) is 0.403. The number of hydrogen-bond donors (Lipinski definition) is 1. The second-order valence-electron chi connectivity index (χ2n) is 8.74. The second-order valence-corrected chi connectivity index (χ2v) is 11.0. The van der Waals surface area contributed by atoms with Crippen LogP contribution in [0.2, 0.25) is 5.02 Å². The highest BCUT2D eigenvalue weighted by molar-refractivity contribution is 7.92. The van der Waals surface area contributed by atoms with Crippen molar-refractivity contribution in [3.8, 4) is 0 Å². The molecule has 0 bridgehead atoms. The highest BCUT2D eigenvalue weighted by Gasteiger charge is 2.34. The van der Waals surface area contributed by atoms with Crippen LogP contribution in [-0.2, 0) is 26.2 Å². The Morgan fingerprint density at radius 2 is 1.59 bits per heavy atom. The number of nitrogens with zero attached hydrogens (tertiary/aromatic N) is 2. The standard InChI is InChI=1S/C28H32ClN3O4S/c1-5-25(28(34)30-4)31(18-22-12-10-9-11-20(22)2)27(33)19-32(26-17-23(29)16-15-21(26)3)37(35,36)24-13-7-6-8-14-24/h6-17,25H,5,18-19H2,1-4H3,(H,30,34). The lowest BCUT2D eigenvalue weighted by molar-refractivity contribution is -0.140. The summed E-state index contributed by atoms with van der Waals surface area (Å²) >= 11 is 6.24. The van der Waals surface area contributed by atoms with Gasteiger partial charge in [-0.25, -0.2) is 8.42 Å². The maximum Gasteiger partial charge on any atom is 0.264 e. The Hall–Kier alpha value is -3.36. The highest BCUT2D eigenvalue weighted by Crippen LogP contribution is 2.30. The van der Waals surface area contributed by atoms with E-state index in [0.29, 0.717) is 22.7 Å². The molecule has 0 saturated heterocycles. The van der Waals surface area contributed by atoms with Gasteiger partial charge in [0.1, 0.15) is 12.6 Å². The van der Waals surface area contributed by atoms with Gasteiger partial charge in [-0.3, -0.25) is 13.9 Å². The van der Waals surface area contributed by atoms with Gasteiger partial charge in [0.25, 0.3) is 10.0 Å². The molecule has 0 fully saturated rings. The summed E-state index contributed by atoms with van der Waals surface area (Å²) in [5.41, 5.74) is 2.77. The molecule has 1 N–H and O–H groups in total. The van der Waals surface area contributed by atoms with Gasteiger partial charge in [0.2, 0.25) is 11.8 Å². The molecule has 0 saturated carbocycles. The number of aryl methyl sites for hydroxylation is 2. The van der Waals surface area contributed by atoms with Gasteiger partial charge in [-0.2, -0.15) is 0 Å². The number of carbonyl (C=O) groups excluding carboxylic acids is 2. The number of amides is 2. The van der Waals surface area contributed by atoms with Crippen LogP contribution in [0.15, 0.2) is 77.7 Å². The fraction of sp³-hybridized carbons (Fsp3) is 0.286. The van der Waals surface area contributed by atoms with E-state index in [1.807, 2.05) is 38.1 Å². The molecule has 9 heteroatoms. The zero-order valence-electron chi connectivity index (χ0n) is 21.4. The largest absolute Gasteiger partial charge is 0.357 e. The van der Waals surface area contributed by atoms with E-state index in [1.54, 1.807) is 37.3 Å². The van der Waals surface area contributed by atoms with Gasteiger partial charge in [-0.1, -0.05) is 67.1 Å². The third-order valence-corrected chi connectivity index (χ3v) is 8.29. The molecule has 3 aromatic carbocycles. The number of nitrogens with one attached hydrogen (secondary N) is 1. The van der Waals surface area contributed by atoms with Gasteiger partial charge < -0.3 is 10.2 Å². The van der Waals surface area contributed by atoms with Crippen LogP contribution in [0.25, 0.3) is 0 Å². The number of hydrogen-bond acceptors (Lipinski definition) is 4. The van der Waals surface area contributed by atoms with E-state index < -0.39 is 28.5 Å². The molecule has 0 radical (unpaired) electrons. The van der Waals surface area contributed by atoms with Gasteiger partial charge in [0.15, 0.2) is 0 Å². The van der Waals surface area contributed by atoms with E-state index in [4.69, 9.17) is 11.6 Å². The summed E-state index contributed by atoms with van der Waals surface area (Å²) in [6.45, 7) is 5.16. The van der Waals surface area contributed by atoms with Crippen LogP contribution in [0.1, 0.15) is 30.0 Å². The van der Waals surface area contributed by atoms with E-state index in [2.05, 4.69) is 5.32 Å². The Morgan fingerprint density at radius 3 is 2.22 bits per heavy atom. The van der Waals surface area contributed by atoms with Crippen LogP contribution < -0.4 is 9.62 Å². The Balaban J connectivity index is 2.11. The third-order valence-electron chi connectivity index (χ3n) is 6.28. The zero-order valence-corrected chi connectivity index (χ0v) is 23.0.